The van der Waals surface area contributed by atoms with E-state index >= 15 is 0 Å². The van der Waals surface area contributed by atoms with Crippen LogP contribution in [0.2, 0.25) is 0 Å². The van der Waals surface area contributed by atoms with Crippen LogP contribution in [0.1, 0.15) is 36.0 Å². The van der Waals surface area contributed by atoms with Crippen LogP contribution >= 0.6 is 12.2 Å². The Kier molecular flexibility index (Phi) is 4.97. The second-order valence-electron chi connectivity index (χ2n) is 6.39. The first-order valence-electron chi connectivity index (χ1n) is 8.37. The number of rotatable bonds is 3. The molecule has 1 fully saturated rings. The summed E-state index contributed by atoms with van der Waals surface area (Å²) in [6.07, 6.45) is 3.88. The van der Waals surface area contributed by atoms with Crippen molar-refractivity contribution >= 4 is 28.6 Å². The number of benzene rings is 2. The van der Waals surface area contributed by atoms with Gasteiger partial charge in [-0.25, -0.2) is 0 Å². The van der Waals surface area contributed by atoms with Crippen molar-refractivity contribution in [2.75, 3.05) is 23.3 Å². The average molecular weight is 324 g/mol. The van der Waals surface area contributed by atoms with Crippen molar-refractivity contribution in [1.82, 2.24) is 0 Å². The maximum atomic E-state index is 5.71. The number of piperidine rings is 1. The van der Waals surface area contributed by atoms with E-state index in [2.05, 4.69) is 66.5 Å². The summed E-state index contributed by atoms with van der Waals surface area (Å²) in [7, 11) is 0. The summed E-state index contributed by atoms with van der Waals surface area (Å²) in [5.74, 6) is 0. The molecule has 0 saturated carbocycles. The topological polar surface area (TPSA) is 15.3 Å². The van der Waals surface area contributed by atoms with Gasteiger partial charge in [0, 0.05) is 30.0 Å². The lowest BCUT2D eigenvalue weighted by atomic mass is 10.0. The summed E-state index contributed by atoms with van der Waals surface area (Å²) in [5, 5.41) is 3.40. The first kappa shape index (κ1) is 16.0. The number of aryl methyl sites for hydroxylation is 2. The van der Waals surface area contributed by atoms with Crippen LogP contribution in [-0.4, -0.2) is 18.1 Å². The fourth-order valence-corrected chi connectivity index (χ4v) is 3.36. The monoisotopic (exact) mass is 324 g/mol. The Bertz CT molecular complexity index is 685. The van der Waals surface area contributed by atoms with Gasteiger partial charge in [0.1, 0.15) is 4.99 Å². The van der Waals surface area contributed by atoms with Crippen LogP contribution in [0.4, 0.5) is 11.4 Å². The van der Waals surface area contributed by atoms with Gasteiger partial charge in [-0.2, -0.15) is 0 Å². The molecular weight excluding hydrogens is 300 g/mol. The molecule has 0 aromatic heterocycles. The van der Waals surface area contributed by atoms with Crippen LogP contribution in [0.5, 0.6) is 0 Å². The molecule has 1 aliphatic rings. The first-order valence-corrected chi connectivity index (χ1v) is 8.78. The highest BCUT2D eigenvalue weighted by atomic mass is 32.1. The van der Waals surface area contributed by atoms with Gasteiger partial charge in [-0.3, -0.25) is 0 Å². The van der Waals surface area contributed by atoms with E-state index in [0.29, 0.717) is 0 Å². The Morgan fingerprint density at radius 3 is 2.26 bits per heavy atom. The van der Waals surface area contributed by atoms with Crippen molar-refractivity contribution < 1.29 is 0 Å². The number of anilines is 2. The van der Waals surface area contributed by atoms with Gasteiger partial charge >= 0.3 is 0 Å². The van der Waals surface area contributed by atoms with E-state index in [4.69, 9.17) is 12.2 Å². The molecule has 1 heterocycles. The summed E-state index contributed by atoms with van der Waals surface area (Å²) < 4.78 is 0. The molecule has 1 saturated heterocycles. The van der Waals surface area contributed by atoms with Gasteiger partial charge in [0.05, 0.1) is 0 Å². The van der Waals surface area contributed by atoms with E-state index in [-0.39, 0.29) is 0 Å². The lowest BCUT2D eigenvalue weighted by molar-refractivity contribution is 0.577. The minimum atomic E-state index is 0.804. The highest BCUT2D eigenvalue weighted by molar-refractivity contribution is 7.81. The van der Waals surface area contributed by atoms with Crippen molar-refractivity contribution in [3.05, 3.63) is 59.2 Å². The molecule has 0 aliphatic carbocycles. The summed E-state index contributed by atoms with van der Waals surface area (Å²) in [6.45, 7) is 6.47. The highest BCUT2D eigenvalue weighted by Gasteiger charge is 2.17. The van der Waals surface area contributed by atoms with Crippen LogP contribution in [0.3, 0.4) is 0 Å². The smallest absolute Gasteiger partial charge is 0.113 e. The van der Waals surface area contributed by atoms with Crippen LogP contribution in [0.15, 0.2) is 42.5 Å². The maximum absolute atomic E-state index is 5.71. The van der Waals surface area contributed by atoms with Gasteiger partial charge in [-0.15, -0.1) is 0 Å². The van der Waals surface area contributed by atoms with Crippen molar-refractivity contribution in [2.45, 2.75) is 33.1 Å². The molecule has 3 heteroatoms. The van der Waals surface area contributed by atoms with Crippen LogP contribution < -0.4 is 10.2 Å². The van der Waals surface area contributed by atoms with Gasteiger partial charge in [-0.05, 0) is 57.4 Å². The zero-order chi connectivity index (χ0) is 16.2. The van der Waals surface area contributed by atoms with Crippen molar-refractivity contribution in [3.63, 3.8) is 0 Å². The fraction of sp³-hybridized carbons (Fsp3) is 0.350. The van der Waals surface area contributed by atoms with E-state index in [0.717, 1.165) is 29.3 Å². The Morgan fingerprint density at radius 2 is 1.57 bits per heavy atom. The van der Waals surface area contributed by atoms with E-state index in [1.54, 1.807) is 0 Å². The normalized spacial score (nSPS) is 14.6. The van der Waals surface area contributed by atoms with Gasteiger partial charge in [0.2, 0.25) is 0 Å². The molecule has 2 aromatic rings. The molecule has 0 amide bonds. The Balaban J connectivity index is 1.86. The number of hydrogen-bond donors (Lipinski definition) is 1. The van der Waals surface area contributed by atoms with E-state index in [1.807, 2.05) is 0 Å². The van der Waals surface area contributed by atoms with Crippen molar-refractivity contribution in [3.8, 4) is 0 Å². The molecule has 23 heavy (non-hydrogen) atoms. The number of nitrogens with zero attached hydrogens (tertiary/aromatic N) is 1. The van der Waals surface area contributed by atoms with Gasteiger partial charge in [0.25, 0.3) is 0 Å². The Morgan fingerprint density at radius 1 is 0.913 bits per heavy atom. The summed E-state index contributed by atoms with van der Waals surface area (Å²) >= 11 is 5.71. The SMILES string of the molecule is Cc1ccc(NC(=S)c2cc(C)ccc2N2CCCCC2)cc1. The molecule has 3 rings (SSSR count). The molecule has 0 atom stereocenters. The second kappa shape index (κ2) is 7.14. The Labute approximate surface area is 144 Å². The van der Waals surface area contributed by atoms with Crippen LogP contribution in [0.25, 0.3) is 0 Å². The first-order chi connectivity index (χ1) is 11.1. The molecule has 0 unspecified atom stereocenters. The molecule has 2 nitrogen and oxygen atoms in total. The lowest BCUT2D eigenvalue weighted by Gasteiger charge is -2.31. The van der Waals surface area contributed by atoms with E-state index in [1.165, 1.54) is 36.1 Å². The Hall–Kier alpha value is -1.87. The third-order valence-corrected chi connectivity index (χ3v) is 4.72. The van der Waals surface area contributed by atoms with Gasteiger partial charge < -0.3 is 10.2 Å². The highest BCUT2D eigenvalue weighted by Crippen LogP contribution is 2.26. The van der Waals surface area contributed by atoms with E-state index in [9.17, 15) is 0 Å². The molecule has 0 spiro atoms. The molecule has 2 aromatic carbocycles. The zero-order valence-electron chi connectivity index (χ0n) is 13.9. The molecule has 1 N–H and O–H groups in total. The third-order valence-electron chi connectivity index (χ3n) is 4.40. The van der Waals surface area contributed by atoms with Gasteiger partial charge in [0.15, 0.2) is 0 Å². The predicted molar refractivity (Wildman–Crippen MR) is 104 cm³/mol. The largest absolute Gasteiger partial charge is 0.371 e. The van der Waals surface area contributed by atoms with Crippen molar-refractivity contribution in [1.29, 1.82) is 0 Å². The van der Waals surface area contributed by atoms with Crippen LogP contribution in [-0.2, 0) is 0 Å². The standard InChI is InChI=1S/C20H24N2S/c1-15-6-9-17(10-7-15)21-20(23)18-14-16(2)8-11-19(18)22-12-4-3-5-13-22/h6-11,14H,3-5,12-13H2,1-2H3,(H,21,23). The minimum absolute atomic E-state index is 0.804. The maximum Gasteiger partial charge on any atom is 0.113 e. The minimum Gasteiger partial charge on any atom is -0.371 e. The second-order valence-corrected chi connectivity index (χ2v) is 6.80. The average Bonchev–Trinajstić information content (AvgIpc) is 2.57. The zero-order valence-corrected chi connectivity index (χ0v) is 14.7. The van der Waals surface area contributed by atoms with Gasteiger partial charge in [-0.1, -0.05) is 41.5 Å². The third kappa shape index (κ3) is 3.91. The predicted octanol–water partition coefficient (Wildman–Crippen LogP) is 5.08. The molecule has 120 valence electrons. The van der Waals surface area contributed by atoms with Crippen molar-refractivity contribution in [2.24, 2.45) is 0 Å². The summed E-state index contributed by atoms with van der Waals surface area (Å²) in [5.41, 5.74) is 5.95. The molecule has 1 aliphatic heterocycles. The fourth-order valence-electron chi connectivity index (χ4n) is 3.08. The number of thiocarbonyl (C=S) groups is 1. The lowest BCUT2D eigenvalue weighted by Crippen LogP contribution is -2.31. The molecule has 0 bridgehead atoms. The molecular formula is C20H24N2S. The van der Waals surface area contributed by atoms with E-state index < -0.39 is 0 Å². The van der Waals surface area contributed by atoms with Crippen LogP contribution in [0, 0.1) is 13.8 Å². The molecule has 0 radical (unpaired) electrons. The summed E-state index contributed by atoms with van der Waals surface area (Å²) in [4.78, 5) is 3.28. The number of nitrogens with one attached hydrogen (secondary N) is 1. The number of hydrogen-bond acceptors (Lipinski definition) is 2. The summed E-state index contributed by atoms with van der Waals surface area (Å²) in [6, 6.07) is 15.0. The quantitative estimate of drug-likeness (QED) is 0.793.